The number of pyridine rings is 1. The molecule has 0 aliphatic carbocycles. The molecule has 0 atom stereocenters. The number of amides is 1. The minimum Gasteiger partial charge on any atom is -0.493 e. The van der Waals surface area contributed by atoms with Gasteiger partial charge in [-0.1, -0.05) is 0 Å². The number of rotatable bonds is 4. The predicted molar refractivity (Wildman–Crippen MR) is 106 cm³/mol. The van der Waals surface area contributed by atoms with Gasteiger partial charge in [0.25, 0.3) is 0 Å². The minimum absolute atomic E-state index is 0.228. The maximum atomic E-state index is 12.0. The number of halogens is 2. The van der Waals surface area contributed by atoms with E-state index in [1.54, 1.807) is 23.2 Å². The Morgan fingerprint density at radius 1 is 1.31 bits per heavy atom. The molecule has 0 radical (unpaired) electrons. The number of hydrogen-bond acceptors (Lipinski definition) is 5. The smallest absolute Gasteiger partial charge is 0.410 e. The molecular weight excluding hydrogens is 377 g/mol. The Kier molecular flexibility index (Phi) is 9.88. The van der Waals surface area contributed by atoms with Crippen LogP contribution in [0.1, 0.15) is 33.6 Å². The zero-order valence-corrected chi connectivity index (χ0v) is 17.2. The maximum absolute atomic E-state index is 12.0. The zero-order valence-electron chi connectivity index (χ0n) is 15.7. The first-order valence-electron chi connectivity index (χ1n) is 8.69. The van der Waals surface area contributed by atoms with Crippen LogP contribution in [-0.4, -0.2) is 53.0 Å². The molecule has 1 saturated heterocycles. The molecule has 26 heavy (non-hydrogen) atoms. The Labute approximate surface area is 165 Å². The van der Waals surface area contributed by atoms with Gasteiger partial charge in [-0.25, -0.2) is 9.78 Å². The third-order valence-electron chi connectivity index (χ3n) is 3.58. The van der Waals surface area contributed by atoms with Crippen molar-refractivity contribution in [2.24, 2.45) is 5.92 Å². The van der Waals surface area contributed by atoms with Gasteiger partial charge in [0.15, 0.2) is 0 Å². The molecule has 0 spiro atoms. The van der Waals surface area contributed by atoms with Crippen LogP contribution >= 0.6 is 23.2 Å². The number of aromatic nitrogens is 1. The maximum Gasteiger partial charge on any atom is 0.410 e. The molecule has 0 aromatic carbocycles. The molecule has 0 bridgehead atoms. The summed E-state index contributed by atoms with van der Waals surface area (Å²) in [5.74, 6) is 2.75. The summed E-state index contributed by atoms with van der Waals surface area (Å²) in [5, 5.41) is 0. The quantitative estimate of drug-likeness (QED) is 0.760. The van der Waals surface area contributed by atoms with Crippen molar-refractivity contribution in [1.82, 2.24) is 9.88 Å². The first-order valence-corrected chi connectivity index (χ1v) is 9.76. The first kappa shape index (κ1) is 22.6. The Morgan fingerprint density at radius 2 is 1.92 bits per heavy atom. The molecule has 1 fully saturated rings. The molecule has 1 aliphatic heterocycles. The highest BCUT2D eigenvalue weighted by Gasteiger charge is 2.27. The van der Waals surface area contributed by atoms with Gasteiger partial charge in [-0.05, 0) is 45.6 Å². The molecule has 2 heterocycles. The van der Waals surface area contributed by atoms with Crippen molar-refractivity contribution in [3.8, 4) is 5.75 Å². The van der Waals surface area contributed by atoms with Gasteiger partial charge >= 0.3 is 6.09 Å². The highest BCUT2D eigenvalue weighted by atomic mass is 35.5. The third kappa shape index (κ3) is 9.34. The predicted octanol–water partition coefficient (Wildman–Crippen LogP) is 4.15. The summed E-state index contributed by atoms with van der Waals surface area (Å²) in [4.78, 5) is 17.7. The Morgan fingerprint density at radius 3 is 2.42 bits per heavy atom. The molecule has 1 amide bonds. The lowest BCUT2D eigenvalue weighted by Gasteiger charge is -2.33. The van der Waals surface area contributed by atoms with Crippen LogP contribution in [0.2, 0.25) is 0 Å². The van der Waals surface area contributed by atoms with Crippen molar-refractivity contribution in [3.63, 3.8) is 0 Å². The summed E-state index contributed by atoms with van der Waals surface area (Å²) in [5.41, 5.74) is 5.17. The Balaban J connectivity index is 0.000000765. The lowest BCUT2D eigenvalue weighted by Crippen LogP contribution is -2.42. The van der Waals surface area contributed by atoms with E-state index in [0.29, 0.717) is 43.2 Å². The molecule has 6 nitrogen and oxygen atoms in total. The van der Waals surface area contributed by atoms with Crippen molar-refractivity contribution in [1.29, 1.82) is 0 Å². The van der Waals surface area contributed by atoms with E-state index in [0.717, 1.165) is 18.6 Å². The Bertz CT molecular complexity index is 543. The SMILES string of the molecule is CC(C)(C)OC(=O)N1CCC(COc2ccnc(N)c2)CC1.ClCCCl. The number of nitrogen functional groups attached to an aromatic ring is 1. The van der Waals surface area contributed by atoms with E-state index in [2.05, 4.69) is 4.98 Å². The van der Waals surface area contributed by atoms with E-state index >= 15 is 0 Å². The van der Waals surface area contributed by atoms with Crippen LogP contribution in [-0.2, 0) is 4.74 Å². The van der Waals surface area contributed by atoms with Gasteiger partial charge in [0.05, 0.1) is 6.61 Å². The van der Waals surface area contributed by atoms with Crippen molar-refractivity contribution in [3.05, 3.63) is 18.3 Å². The molecule has 0 unspecified atom stereocenters. The number of anilines is 1. The van der Waals surface area contributed by atoms with Crippen molar-refractivity contribution in [2.45, 2.75) is 39.2 Å². The van der Waals surface area contributed by atoms with E-state index in [9.17, 15) is 4.79 Å². The summed E-state index contributed by atoms with van der Waals surface area (Å²) in [6, 6.07) is 3.52. The van der Waals surface area contributed by atoms with E-state index in [1.807, 2.05) is 20.8 Å². The number of carbonyl (C=O) groups is 1. The van der Waals surface area contributed by atoms with Gasteiger partial charge < -0.3 is 20.1 Å². The lowest BCUT2D eigenvalue weighted by molar-refractivity contribution is 0.0165. The van der Waals surface area contributed by atoms with Gasteiger partial charge in [-0.3, -0.25) is 0 Å². The van der Waals surface area contributed by atoms with Crippen LogP contribution < -0.4 is 10.5 Å². The molecule has 1 aliphatic rings. The van der Waals surface area contributed by atoms with Crippen LogP contribution in [0.5, 0.6) is 5.75 Å². The number of nitrogens with zero attached hydrogens (tertiary/aromatic N) is 2. The highest BCUT2D eigenvalue weighted by Crippen LogP contribution is 2.21. The normalized spacial score (nSPS) is 15.0. The summed E-state index contributed by atoms with van der Waals surface area (Å²) in [7, 11) is 0. The van der Waals surface area contributed by atoms with Crippen LogP contribution in [0.3, 0.4) is 0 Å². The van der Waals surface area contributed by atoms with Crippen LogP contribution in [0.4, 0.5) is 10.6 Å². The lowest BCUT2D eigenvalue weighted by atomic mass is 9.98. The monoisotopic (exact) mass is 405 g/mol. The second-order valence-corrected chi connectivity index (χ2v) is 7.77. The number of ether oxygens (including phenoxy) is 2. The highest BCUT2D eigenvalue weighted by molar-refractivity contribution is 6.25. The van der Waals surface area contributed by atoms with Crippen LogP contribution in [0.25, 0.3) is 0 Å². The number of piperidine rings is 1. The fourth-order valence-electron chi connectivity index (χ4n) is 2.34. The van der Waals surface area contributed by atoms with Gasteiger partial charge in [-0.15, -0.1) is 23.2 Å². The largest absolute Gasteiger partial charge is 0.493 e. The van der Waals surface area contributed by atoms with Crippen molar-refractivity contribution < 1.29 is 14.3 Å². The topological polar surface area (TPSA) is 77.7 Å². The average molecular weight is 406 g/mol. The Hall–Kier alpha value is -1.40. The van der Waals surface area contributed by atoms with Crippen LogP contribution in [0, 0.1) is 5.92 Å². The molecule has 8 heteroatoms. The summed E-state index contributed by atoms with van der Waals surface area (Å²) in [6.07, 6.45) is 3.24. The summed E-state index contributed by atoms with van der Waals surface area (Å²) < 4.78 is 11.1. The second-order valence-electron chi connectivity index (χ2n) is 7.02. The number of hydrogen-bond donors (Lipinski definition) is 1. The van der Waals surface area contributed by atoms with E-state index in [4.69, 9.17) is 38.4 Å². The minimum atomic E-state index is -0.446. The third-order valence-corrected chi connectivity index (χ3v) is 4.15. The first-order chi connectivity index (χ1) is 12.2. The molecule has 1 aromatic rings. The molecule has 1 aromatic heterocycles. The van der Waals surface area contributed by atoms with Gasteiger partial charge in [-0.2, -0.15) is 0 Å². The van der Waals surface area contributed by atoms with Gasteiger partial charge in [0.1, 0.15) is 17.2 Å². The van der Waals surface area contributed by atoms with Gasteiger partial charge in [0.2, 0.25) is 0 Å². The number of carbonyl (C=O) groups excluding carboxylic acids is 1. The van der Waals surface area contributed by atoms with E-state index in [-0.39, 0.29) is 6.09 Å². The van der Waals surface area contributed by atoms with Crippen molar-refractivity contribution >= 4 is 35.1 Å². The van der Waals surface area contributed by atoms with Crippen LogP contribution in [0.15, 0.2) is 18.3 Å². The second kappa shape index (κ2) is 11.3. The summed E-state index contributed by atoms with van der Waals surface area (Å²) >= 11 is 10.1. The standard InChI is InChI=1S/C16H25N3O3.C2H4Cl2/c1-16(2,3)22-15(20)19-8-5-12(6-9-19)11-21-13-4-7-18-14(17)10-13;3-1-2-4/h4,7,10,12H,5-6,8-9,11H2,1-3H3,(H2,17,18);1-2H2. The van der Waals surface area contributed by atoms with E-state index < -0.39 is 5.60 Å². The summed E-state index contributed by atoms with van der Waals surface area (Å²) in [6.45, 7) is 7.69. The average Bonchev–Trinajstić information content (AvgIpc) is 2.59. The zero-order chi connectivity index (χ0) is 19.6. The number of nitrogens with two attached hydrogens (primary N) is 1. The number of alkyl halides is 2. The fourth-order valence-corrected chi connectivity index (χ4v) is 2.34. The molecule has 148 valence electrons. The molecule has 0 saturated carbocycles. The van der Waals surface area contributed by atoms with Gasteiger partial charge in [0, 0.05) is 37.1 Å². The number of likely N-dealkylation sites (tertiary alicyclic amines) is 1. The molecular formula is C18H29Cl2N3O3. The fraction of sp³-hybridized carbons (Fsp3) is 0.667. The molecule has 2 N–H and O–H groups in total. The van der Waals surface area contributed by atoms with Crippen molar-refractivity contribution in [2.75, 3.05) is 37.2 Å². The van der Waals surface area contributed by atoms with E-state index in [1.165, 1.54) is 0 Å². The molecule has 2 rings (SSSR count).